The number of aromatic amines is 2. The Balaban J connectivity index is -0.000000193. The topological polar surface area (TPSA) is 28.3 Å². The van der Waals surface area contributed by atoms with Crippen LogP contribution in [-0.4, -0.2) is 0 Å². The molecule has 2 N–H and O–H groups in total. The first-order chi connectivity index (χ1) is 8.00. The third-order valence-corrected chi connectivity index (χ3v) is 1.21. The van der Waals surface area contributed by atoms with Crippen molar-refractivity contribution in [2.24, 2.45) is 0 Å². The van der Waals surface area contributed by atoms with Crippen molar-refractivity contribution >= 4 is 34.1 Å². The summed E-state index contributed by atoms with van der Waals surface area (Å²) >= 11 is -3.29. The van der Waals surface area contributed by atoms with Crippen LogP contribution in [-0.2, 0) is 15.5 Å². The molecular weight excluding hydrogens is 452 g/mol. The van der Waals surface area contributed by atoms with Gasteiger partial charge in [0, 0.05) is 24.3 Å². The van der Waals surface area contributed by atoms with E-state index in [2.05, 4.69) is 9.97 Å². The van der Waals surface area contributed by atoms with Crippen LogP contribution in [0.2, 0.25) is 0 Å². The van der Waals surface area contributed by atoms with Gasteiger partial charge in [-0.2, -0.15) is 0 Å². The molecule has 0 fully saturated rings. The number of hydrogen-bond donors (Lipinski definition) is 0. The van der Waals surface area contributed by atoms with E-state index in [0.29, 0.717) is 0 Å². The van der Waals surface area contributed by atoms with Gasteiger partial charge in [-0.15, -0.1) is 0 Å². The first-order valence-corrected chi connectivity index (χ1v) is 17.2. The molecule has 2 aromatic heterocycles. The monoisotopic (exact) mass is 460 g/mol. The van der Waals surface area contributed by atoms with Gasteiger partial charge in [0.05, 0.1) is 0 Å². The van der Waals surface area contributed by atoms with Crippen LogP contribution < -0.4 is 34.8 Å². The molecule has 9 heteroatoms. The SMILES string of the molecule is [Cl-].[Cl-].[Cl][Zr]([Cl])([Cl])[Cl].c1cc[nH+]cc1.c1cc[nH+]cc1. The minimum absolute atomic E-state index is 0. The van der Waals surface area contributed by atoms with Crippen LogP contribution >= 0.6 is 34.1 Å². The van der Waals surface area contributed by atoms with Crippen molar-refractivity contribution in [2.45, 2.75) is 0 Å². The zero-order valence-corrected chi connectivity index (χ0v) is 16.5. The molecule has 2 aromatic rings. The van der Waals surface area contributed by atoms with E-state index in [-0.39, 0.29) is 24.8 Å². The molecule has 2 heterocycles. The maximum atomic E-state index is 5.04. The zero-order valence-electron chi connectivity index (χ0n) is 9.54. The maximum absolute atomic E-state index is 5.04. The molecule has 2 nitrogen and oxygen atoms in total. The number of nitrogens with one attached hydrogen (secondary N) is 2. The van der Waals surface area contributed by atoms with Gasteiger partial charge in [0.2, 0.25) is 0 Å². The predicted molar refractivity (Wildman–Crippen MR) is 69.4 cm³/mol. The van der Waals surface area contributed by atoms with Crippen molar-refractivity contribution in [2.75, 3.05) is 0 Å². The van der Waals surface area contributed by atoms with E-state index in [1.165, 1.54) is 0 Å². The Morgan fingerprint density at radius 3 is 0.789 bits per heavy atom. The summed E-state index contributed by atoms with van der Waals surface area (Å²) in [7, 11) is 20.1. The second-order valence-electron chi connectivity index (χ2n) is 2.58. The Bertz CT molecular complexity index is 268. The van der Waals surface area contributed by atoms with E-state index in [0.717, 1.165) is 0 Å². The van der Waals surface area contributed by atoms with Gasteiger partial charge in [0.25, 0.3) is 0 Å². The van der Waals surface area contributed by atoms with Gasteiger partial charge in [0.15, 0.2) is 24.8 Å². The molecule has 0 spiro atoms. The van der Waals surface area contributed by atoms with Gasteiger partial charge in [-0.3, -0.25) is 0 Å². The van der Waals surface area contributed by atoms with E-state index >= 15 is 0 Å². The summed E-state index contributed by atoms with van der Waals surface area (Å²) in [6.07, 6.45) is 7.50. The van der Waals surface area contributed by atoms with Crippen molar-refractivity contribution in [1.29, 1.82) is 0 Å². The standard InChI is InChI=1S/2C5H5N.6ClH.Zr/c2*1-2-4-6-5-3-1;;;;;;;/h2*1-5H;6*1H;/q;;;;;;;;+4/p-4. The fourth-order valence-electron chi connectivity index (χ4n) is 0.684. The van der Waals surface area contributed by atoms with Crippen LogP contribution in [0.3, 0.4) is 0 Å². The molecule has 0 aromatic carbocycles. The first-order valence-electron chi connectivity index (χ1n) is 4.58. The summed E-state index contributed by atoms with van der Waals surface area (Å²) in [5.74, 6) is 0. The number of hydrogen-bond acceptors (Lipinski definition) is 0. The van der Waals surface area contributed by atoms with Crippen LogP contribution in [0.15, 0.2) is 61.2 Å². The van der Waals surface area contributed by atoms with Crippen LogP contribution in [0.5, 0.6) is 0 Å². The molecule has 0 bridgehead atoms. The van der Waals surface area contributed by atoms with Crippen LogP contribution in [0.1, 0.15) is 0 Å². The molecule has 0 saturated carbocycles. The third kappa shape index (κ3) is 32.5. The molecule has 19 heavy (non-hydrogen) atoms. The molecule has 0 aliphatic heterocycles. The summed E-state index contributed by atoms with van der Waals surface area (Å²) in [5.41, 5.74) is 0. The molecular formula is C10H12Cl6N2Zr. The molecule has 108 valence electrons. The number of pyridine rings is 2. The maximum Gasteiger partial charge on any atom is 0.166 e. The Morgan fingerprint density at radius 1 is 0.526 bits per heavy atom. The fraction of sp³-hybridized carbons (Fsp3) is 0. The molecule has 0 atom stereocenters. The van der Waals surface area contributed by atoms with Crippen LogP contribution in [0, 0.1) is 0 Å². The van der Waals surface area contributed by atoms with E-state index in [9.17, 15) is 0 Å². The van der Waals surface area contributed by atoms with Gasteiger partial charge < -0.3 is 24.8 Å². The van der Waals surface area contributed by atoms with Crippen molar-refractivity contribution in [3.8, 4) is 0 Å². The quantitative estimate of drug-likeness (QED) is 0.423. The molecule has 0 amide bonds. The number of aromatic nitrogens is 2. The Labute approximate surface area is 144 Å². The molecule has 0 radical (unpaired) electrons. The minimum atomic E-state index is -3.29. The van der Waals surface area contributed by atoms with Gasteiger partial charge in [0.1, 0.15) is 0 Å². The molecule has 0 aliphatic carbocycles. The normalized spacial score (nSPS) is 8.21. The number of H-pyrrole nitrogens is 2. The van der Waals surface area contributed by atoms with E-state index < -0.39 is 15.5 Å². The summed E-state index contributed by atoms with van der Waals surface area (Å²) in [6.45, 7) is 0. The van der Waals surface area contributed by atoms with Crippen molar-refractivity contribution < 1.29 is 50.3 Å². The van der Waals surface area contributed by atoms with E-state index in [1.54, 1.807) is 0 Å². The average molecular weight is 464 g/mol. The average Bonchev–Trinajstić information content (AvgIpc) is 2.32. The molecule has 0 saturated heterocycles. The van der Waals surface area contributed by atoms with E-state index in [1.807, 2.05) is 61.2 Å². The number of rotatable bonds is 0. The summed E-state index contributed by atoms with van der Waals surface area (Å²) in [4.78, 5) is 5.78. The molecule has 0 aliphatic rings. The van der Waals surface area contributed by atoms with Crippen molar-refractivity contribution in [3.05, 3.63) is 61.2 Å². The Kier molecular flexibility index (Phi) is 22.3. The van der Waals surface area contributed by atoms with E-state index in [4.69, 9.17) is 34.1 Å². The third-order valence-electron chi connectivity index (χ3n) is 1.21. The van der Waals surface area contributed by atoms with Gasteiger partial charge in [-0.05, 0) is 0 Å². The van der Waals surface area contributed by atoms with Crippen molar-refractivity contribution in [1.82, 2.24) is 0 Å². The molecule has 2 rings (SSSR count). The summed E-state index contributed by atoms with van der Waals surface area (Å²) in [6, 6.07) is 11.7. The van der Waals surface area contributed by atoms with Crippen molar-refractivity contribution in [3.63, 3.8) is 0 Å². The van der Waals surface area contributed by atoms with Gasteiger partial charge >= 0.3 is 49.5 Å². The largest absolute Gasteiger partial charge is 0.218 e. The van der Waals surface area contributed by atoms with Crippen LogP contribution in [0.25, 0.3) is 0 Å². The summed E-state index contributed by atoms with van der Waals surface area (Å²) < 4.78 is 0. The first kappa shape index (κ1) is 24.9. The van der Waals surface area contributed by atoms with Gasteiger partial charge in [-0.1, -0.05) is 12.1 Å². The summed E-state index contributed by atoms with van der Waals surface area (Å²) in [5, 5.41) is 0. The second-order valence-corrected chi connectivity index (χ2v) is 25.0. The fourth-order valence-corrected chi connectivity index (χ4v) is 0.684. The zero-order chi connectivity index (χ0) is 13.0. The Morgan fingerprint density at radius 2 is 0.737 bits per heavy atom. The van der Waals surface area contributed by atoms with Crippen LogP contribution in [0.4, 0.5) is 0 Å². The minimum Gasteiger partial charge on any atom is -0.218 e. The smallest absolute Gasteiger partial charge is 0.166 e. The number of halogens is 6. The second kappa shape index (κ2) is 17.0. The van der Waals surface area contributed by atoms with Gasteiger partial charge in [-0.25, -0.2) is 9.97 Å². The molecule has 0 unspecified atom stereocenters. The Hall–Kier alpha value is 0.923. The predicted octanol–water partition coefficient (Wildman–Crippen LogP) is -2.24.